The highest BCUT2D eigenvalue weighted by Gasteiger charge is 2.30. The van der Waals surface area contributed by atoms with Gasteiger partial charge in [0, 0.05) is 43.0 Å². The SMILES string of the molecule is CC1NCCN(C(=O)c2cc([N+](=O)[O-])ccc2N)C1C. The number of nitrogens with two attached hydrogens (primary N) is 1. The van der Waals surface area contributed by atoms with E-state index in [0.29, 0.717) is 13.1 Å². The van der Waals surface area contributed by atoms with Crippen LogP contribution in [0.4, 0.5) is 11.4 Å². The Morgan fingerprint density at radius 2 is 2.20 bits per heavy atom. The van der Waals surface area contributed by atoms with Crippen molar-refractivity contribution in [2.45, 2.75) is 25.9 Å². The normalized spacial score (nSPS) is 22.6. The number of amides is 1. The first-order valence-electron chi connectivity index (χ1n) is 6.50. The van der Waals surface area contributed by atoms with Crippen molar-refractivity contribution in [2.24, 2.45) is 0 Å². The molecule has 0 spiro atoms. The molecule has 7 nitrogen and oxygen atoms in total. The molecule has 0 aliphatic carbocycles. The predicted molar refractivity (Wildman–Crippen MR) is 75.5 cm³/mol. The molecule has 1 heterocycles. The number of piperazine rings is 1. The molecule has 20 heavy (non-hydrogen) atoms. The lowest BCUT2D eigenvalue weighted by molar-refractivity contribution is -0.384. The van der Waals surface area contributed by atoms with Crippen molar-refractivity contribution in [1.82, 2.24) is 10.2 Å². The zero-order valence-electron chi connectivity index (χ0n) is 11.5. The summed E-state index contributed by atoms with van der Waals surface area (Å²) in [5, 5.41) is 14.1. The lowest BCUT2D eigenvalue weighted by Gasteiger charge is -2.38. The number of anilines is 1. The fourth-order valence-electron chi connectivity index (χ4n) is 2.34. The van der Waals surface area contributed by atoms with Gasteiger partial charge in [0.1, 0.15) is 0 Å². The number of nitrogens with one attached hydrogen (secondary N) is 1. The van der Waals surface area contributed by atoms with Crippen molar-refractivity contribution in [2.75, 3.05) is 18.8 Å². The molecular weight excluding hydrogens is 260 g/mol. The quantitative estimate of drug-likeness (QED) is 0.477. The topological polar surface area (TPSA) is 102 Å². The van der Waals surface area contributed by atoms with Crippen molar-refractivity contribution in [3.05, 3.63) is 33.9 Å². The first-order chi connectivity index (χ1) is 9.41. The van der Waals surface area contributed by atoms with Gasteiger partial charge in [0.15, 0.2) is 0 Å². The Labute approximate surface area is 116 Å². The maximum absolute atomic E-state index is 12.5. The van der Waals surface area contributed by atoms with Crippen LogP contribution in [0.3, 0.4) is 0 Å². The van der Waals surface area contributed by atoms with E-state index >= 15 is 0 Å². The number of benzene rings is 1. The first kappa shape index (κ1) is 14.3. The number of nitro benzene ring substituents is 1. The minimum Gasteiger partial charge on any atom is -0.398 e. The molecule has 0 radical (unpaired) electrons. The second-order valence-corrected chi connectivity index (χ2v) is 5.01. The van der Waals surface area contributed by atoms with Crippen LogP contribution in [0.25, 0.3) is 0 Å². The summed E-state index contributed by atoms with van der Waals surface area (Å²) in [4.78, 5) is 24.5. The molecular formula is C13H18N4O3. The van der Waals surface area contributed by atoms with Crippen LogP contribution < -0.4 is 11.1 Å². The van der Waals surface area contributed by atoms with Gasteiger partial charge in [0.25, 0.3) is 11.6 Å². The molecule has 1 amide bonds. The molecule has 1 aliphatic heterocycles. The summed E-state index contributed by atoms with van der Waals surface area (Å²) in [7, 11) is 0. The average Bonchev–Trinajstić information content (AvgIpc) is 2.41. The molecule has 2 unspecified atom stereocenters. The maximum Gasteiger partial charge on any atom is 0.270 e. The van der Waals surface area contributed by atoms with Gasteiger partial charge in [-0.25, -0.2) is 0 Å². The lowest BCUT2D eigenvalue weighted by atomic mass is 10.0. The van der Waals surface area contributed by atoms with Crippen LogP contribution in [0, 0.1) is 10.1 Å². The van der Waals surface area contributed by atoms with E-state index in [9.17, 15) is 14.9 Å². The molecule has 108 valence electrons. The van der Waals surface area contributed by atoms with Crippen LogP contribution in [0.1, 0.15) is 24.2 Å². The molecule has 0 aromatic heterocycles. The van der Waals surface area contributed by atoms with Crippen molar-refractivity contribution in [1.29, 1.82) is 0 Å². The van der Waals surface area contributed by atoms with E-state index in [-0.39, 0.29) is 34.9 Å². The molecule has 3 N–H and O–H groups in total. The van der Waals surface area contributed by atoms with Crippen LogP contribution in [0.15, 0.2) is 18.2 Å². The number of nitro groups is 1. The summed E-state index contributed by atoms with van der Waals surface area (Å²) in [6.45, 7) is 5.21. The summed E-state index contributed by atoms with van der Waals surface area (Å²) in [6.07, 6.45) is 0. The lowest BCUT2D eigenvalue weighted by Crippen LogP contribution is -2.57. The van der Waals surface area contributed by atoms with Gasteiger partial charge in [-0.1, -0.05) is 0 Å². The highest BCUT2D eigenvalue weighted by molar-refractivity contribution is 6.00. The third-order valence-corrected chi connectivity index (χ3v) is 3.77. The van der Waals surface area contributed by atoms with E-state index in [0.717, 1.165) is 0 Å². The van der Waals surface area contributed by atoms with Gasteiger partial charge >= 0.3 is 0 Å². The minimum absolute atomic E-state index is 0.00918. The van der Waals surface area contributed by atoms with E-state index < -0.39 is 4.92 Å². The Bertz CT molecular complexity index is 546. The number of carbonyl (C=O) groups is 1. The number of nitrogens with zero attached hydrogens (tertiary/aromatic N) is 2. The first-order valence-corrected chi connectivity index (χ1v) is 6.50. The van der Waals surface area contributed by atoms with E-state index in [1.807, 2.05) is 13.8 Å². The van der Waals surface area contributed by atoms with Crippen molar-refractivity contribution >= 4 is 17.3 Å². The number of nitrogen functional groups attached to an aromatic ring is 1. The number of rotatable bonds is 2. The van der Waals surface area contributed by atoms with Gasteiger partial charge in [-0.15, -0.1) is 0 Å². The Morgan fingerprint density at radius 3 is 2.85 bits per heavy atom. The molecule has 1 aliphatic rings. The third kappa shape index (κ3) is 2.57. The van der Waals surface area contributed by atoms with Gasteiger partial charge in [-0.2, -0.15) is 0 Å². The molecule has 1 saturated heterocycles. The third-order valence-electron chi connectivity index (χ3n) is 3.77. The van der Waals surface area contributed by atoms with Gasteiger partial charge in [0.05, 0.1) is 10.5 Å². The second-order valence-electron chi connectivity index (χ2n) is 5.01. The summed E-state index contributed by atoms with van der Waals surface area (Å²) in [5.74, 6) is -0.257. The molecule has 1 fully saturated rings. The summed E-state index contributed by atoms with van der Waals surface area (Å²) < 4.78 is 0. The number of non-ortho nitro benzene ring substituents is 1. The Kier molecular flexibility index (Phi) is 3.89. The average molecular weight is 278 g/mol. The van der Waals surface area contributed by atoms with Crippen LogP contribution in [-0.2, 0) is 0 Å². The highest BCUT2D eigenvalue weighted by atomic mass is 16.6. The molecule has 0 bridgehead atoms. The zero-order valence-corrected chi connectivity index (χ0v) is 11.5. The second kappa shape index (κ2) is 5.46. The van der Waals surface area contributed by atoms with Gasteiger partial charge in [-0.05, 0) is 19.9 Å². The van der Waals surface area contributed by atoms with Crippen molar-refractivity contribution in [3.8, 4) is 0 Å². The molecule has 7 heteroatoms. The zero-order chi connectivity index (χ0) is 14.9. The van der Waals surface area contributed by atoms with E-state index in [4.69, 9.17) is 5.73 Å². The van der Waals surface area contributed by atoms with Gasteiger partial charge in [-0.3, -0.25) is 14.9 Å². The fraction of sp³-hybridized carbons (Fsp3) is 0.462. The molecule has 0 saturated carbocycles. The number of hydrogen-bond donors (Lipinski definition) is 2. The van der Waals surface area contributed by atoms with E-state index in [2.05, 4.69) is 5.32 Å². The fourth-order valence-corrected chi connectivity index (χ4v) is 2.34. The predicted octanol–water partition coefficient (Wildman–Crippen LogP) is 0.999. The monoisotopic (exact) mass is 278 g/mol. The number of hydrogen-bond acceptors (Lipinski definition) is 5. The van der Waals surface area contributed by atoms with Crippen LogP contribution >= 0.6 is 0 Å². The molecule has 2 atom stereocenters. The largest absolute Gasteiger partial charge is 0.398 e. The van der Waals surface area contributed by atoms with Crippen LogP contribution in [-0.4, -0.2) is 40.9 Å². The molecule has 2 rings (SSSR count). The molecule has 1 aromatic rings. The van der Waals surface area contributed by atoms with Gasteiger partial charge in [0.2, 0.25) is 0 Å². The van der Waals surface area contributed by atoms with Gasteiger partial charge < -0.3 is 16.0 Å². The Hall–Kier alpha value is -2.15. The standard InChI is InChI=1S/C13H18N4O3/c1-8-9(2)16(6-5-15-8)13(18)11-7-10(17(19)20)3-4-12(11)14/h3-4,7-9,15H,5-6,14H2,1-2H3. The number of carbonyl (C=O) groups excluding carboxylic acids is 1. The maximum atomic E-state index is 12.5. The van der Waals surface area contributed by atoms with E-state index in [1.54, 1.807) is 4.90 Å². The summed E-state index contributed by atoms with van der Waals surface area (Å²) in [6, 6.07) is 4.14. The summed E-state index contributed by atoms with van der Waals surface area (Å²) in [5.41, 5.74) is 6.12. The van der Waals surface area contributed by atoms with Crippen molar-refractivity contribution in [3.63, 3.8) is 0 Å². The van der Waals surface area contributed by atoms with Crippen molar-refractivity contribution < 1.29 is 9.72 Å². The molecule has 1 aromatic carbocycles. The Balaban J connectivity index is 2.33. The van der Waals surface area contributed by atoms with E-state index in [1.165, 1.54) is 18.2 Å². The Morgan fingerprint density at radius 1 is 1.50 bits per heavy atom. The van der Waals surface area contributed by atoms with Crippen LogP contribution in [0.5, 0.6) is 0 Å². The van der Waals surface area contributed by atoms with Crippen LogP contribution in [0.2, 0.25) is 0 Å². The minimum atomic E-state index is -0.528. The smallest absolute Gasteiger partial charge is 0.270 e. The highest BCUT2D eigenvalue weighted by Crippen LogP contribution is 2.23. The summed E-state index contributed by atoms with van der Waals surface area (Å²) >= 11 is 0.